The van der Waals surface area contributed by atoms with Gasteiger partial charge in [-0.2, -0.15) is 0 Å². The number of allylic oxidation sites excluding steroid dienone is 1. The average Bonchev–Trinajstić information content (AvgIpc) is 3.22. The number of hydrogen-bond donors (Lipinski definition) is 3. The predicted octanol–water partition coefficient (Wildman–Crippen LogP) is 13.1. The molecule has 1 aliphatic carbocycles. The summed E-state index contributed by atoms with van der Waals surface area (Å²) in [7, 11) is 0. The number of rotatable bonds is 12. The second-order valence-corrected chi connectivity index (χ2v) is 12.9. The van der Waals surface area contributed by atoms with Crippen molar-refractivity contribution >= 4 is 56.9 Å². The first-order valence-corrected chi connectivity index (χ1v) is 18.0. The molecule has 0 saturated carbocycles. The van der Waals surface area contributed by atoms with Gasteiger partial charge in [-0.05, 0) is 134 Å². The van der Waals surface area contributed by atoms with E-state index in [0.29, 0.717) is 0 Å². The van der Waals surface area contributed by atoms with Crippen molar-refractivity contribution in [1.29, 1.82) is 0 Å². The zero-order valence-electron chi connectivity index (χ0n) is 29.4. The molecule has 5 nitrogen and oxygen atoms in total. The molecular weight excluding hydrogens is 647 g/mol. The molecule has 0 heterocycles. The van der Waals surface area contributed by atoms with E-state index in [1.807, 2.05) is 12.1 Å². The van der Waals surface area contributed by atoms with E-state index in [-0.39, 0.29) is 6.04 Å². The molecule has 258 valence electrons. The molecular formula is C48H41N5. The van der Waals surface area contributed by atoms with Crippen LogP contribution in [-0.2, 0) is 0 Å². The molecule has 1 atom stereocenters. The Labute approximate surface area is 312 Å². The largest absolute Gasteiger partial charge is 0.379 e. The van der Waals surface area contributed by atoms with Gasteiger partial charge in [-0.3, -0.25) is 0 Å². The predicted molar refractivity (Wildman–Crippen MR) is 225 cm³/mol. The molecule has 8 rings (SSSR count). The summed E-state index contributed by atoms with van der Waals surface area (Å²) in [5.41, 5.74) is 12.0. The Balaban J connectivity index is 0.857. The van der Waals surface area contributed by atoms with Crippen LogP contribution in [0.1, 0.15) is 6.42 Å². The monoisotopic (exact) mass is 687 g/mol. The highest BCUT2D eigenvalue weighted by Crippen LogP contribution is 2.36. The van der Waals surface area contributed by atoms with Crippen LogP contribution >= 0.6 is 0 Å². The van der Waals surface area contributed by atoms with Crippen LogP contribution in [0.4, 0.5) is 56.9 Å². The Morgan fingerprint density at radius 1 is 0.358 bits per heavy atom. The molecule has 0 spiro atoms. The number of nitrogens with one attached hydrogen (secondary N) is 3. The molecule has 1 unspecified atom stereocenters. The van der Waals surface area contributed by atoms with Gasteiger partial charge in [0, 0.05) is 68.6 Å². The second kappa shape index (κ2) is 15.9. The molecule has 7 aromatic rings. The maximum atomic E-state index is 3.68. The normalized spacial score (nSPS) is 13.4. The maximum absolute atomic E-state index is 3.68. The molecule has 1 aliphatic rings. The summed E-state index contributed by atoms with van der Waals surface area (Å²) in [6, 6.07) is 67.8. The average molecular weight is 688 g/mol. The number of nitrogens with zero attached hydrogens (tertiary/aromatic N) is 2. The van der Waals surface area contributed by atoms with E-state index < -0.39 is 0 Å². The van der Waals surface area contributed by atoms with Gasteiger partial charge in [0.1, 0.15) is 0 Å². The van der Waals surface area contributed by atoms with Crippen molar-refractivity contribution in [2.24, 2.45) is 0 Å². The van der Waals surface area contributed by atoms with Crippen LogP contribution in [-0.4, -0.2) is 6.04 Å². The van der Waals surface area contributed by atoms with Gasteiger partial charge in [-0.1, -0.05) is 84.9 Å². The molecule has 0 aliphatic heterocycles. The smallest absolute Gasteiger partial charge is 0.0483 e. The third-order valence-electron chi connectivity index (χ3n) is 9.22. The van der Waals surface area contributed by atoms with Gasteiger partial charge >= 0.3 is 0 Å². The van der Waals surface area contributed by atoms with Crippen molar-refractivity contribution < 1.29 is 0 Å². The lowest BCUT2D eigenvalue weighted by molar-refractivity contribution is 0.874. The lowest BCUT2D eigenvalue weighted by Gasteiger charge is -2.26. The molecule has 7 aromatic carbocycles. The minimum absolute atomic E-state index is 0.219. The van der Waals surface area contributed by atoms with Gasteiger partial charge in [0.05, 0.1) is 0 Å². The molecule has 53 heavy (non-hydrogen) atoms. The molecule has 0 radical (unpaired) electrons. The lowest BCUT2D eigenvalue weighted by atomic mass is 10.1. The first kappa shape index (κ1) is 33.2. The minimum atomic E-state index is 0.219. The van der Waals surface area contributed by atoms with E-state index in [1.54, 1.807) is 0 Å². The van der Waals surface area contributed by atoms with Crippen molar-refractivity contribution in [3.05, 3.63) is 218 Å². The van der Waals surface area contributed by atoms with Gasteiger partial charge in [0.2, 0.25) is 0 Å². The quantitative estimate of drug-likeness (QED) is 0.119. The van der Waals surface area contributed by atoms with E-state index in [0.717, 1.165) is 69.0 Å². The Hall–Kier alpha value is -6.98. The summed E-state index contributed by atoms with van der Waals surface area (Å²) in [6.45, 7) is 0. The lowest BCUT2D eigenvalue weighted by Crippen LogP contribution is -2.19. The third-order valence-corrected chi connectivity index (χ3v) is 9.22. The van der Waals surface area contributed by atoms with Crippen LogP contribution in [0, 0.1) is 0 Å². The third kappa shape index (κ3) is 8.16. The first-order valence-electron chi connectivity index (χ1n) is 18.0. The Bertz CT molecular complexity index is 2170. The summed E-state index contributed by atoms with van der Waals surface area (Å²) < 4.78 is 0. The van der Waals surface area contributed by atoms with Crippen molar-refractivity contribution in [3.63, 3.8) is 0 Å². The number of benzene rings is 7. The van der Waals surface area contributed by atoms with E-state index in [2.05, 4.69) is 226 Å². The summed E-state index contributed by atoms with van der Waals surface area (Å²) >= 11 is 0. The molecule has 0 fully saturated rings. The highest BCUT2D eigenvalue weighted by atomic mass is 15.1. The van der Waals surface area contributed by atoms with Crippen LogP contribution in [0.25, 0.3) is 0 Å². The van der Waals surface area contributed by atoms with Crippen LogP contribution in [0.5, 0.6) is 0 Å². The molecule has 0 amide bonds. The van der Waals surface area contributed by atoms with Crippen molar-refractivity contribution in [3.8, 4) is 0 Å². The van der Waals surface area contributed by atoms with Gasteiger partial charge in [0.25, 0.3) is 0 Å². The van der Waals surface area contributed by atoms with E-state index in [1.165, 1.54) is 0 Å². The fourth-order valence-corrected chi connectivity index (χ4v) is 6.61. The Kier molecular flexibility index (Phi) is 9.97. The van der Waals surface area contributed by atoms with Gasteiger partial charge in [0.15, 0.2) is 0 Å². The van der Waals surface area contributed by atoms with Gasteiger partial charge in [-0.25, -0.2) is 0 Å². The molecule has 3 N–H and O–H groups in total. The topological polar surface area (TPSA) is 42.6 Å². The van der Waals surface area contributed by atoms with Crippen molar-refractivity contribution in [1.82, 2.24) is 0 Å². The van der Waals surface area contributed by atoms with Crippen LogP contribution < -0.4 is 25.8 Å². The van der Waals surface area contributed by atoms with E-state index >= 15 is 0 Å². The highest BCUT2D eigenvalue weighted by molar-refractivity contribution is 5.79. The summed E-state index contributed by atoms with van der Waals surface area (Å²) in [6.07, 6.45) is 7.53. The van der Waals surface area contributed by atoms with Crippen molar-refractivity contribution in [2.45, 2.75) is 12.5 Å². The summed E-state index contributed by atoms with van der Waals surface area (Å²) in [4.78, 5) is 4.54. The zero-order chi connectivity index (χ0) is 35.7. The Morgan fingerprint density at radius 2 is 0.698 bits per heavy atom. The SMILES string of the molecule is C1=CC(Nc2ccc(N(c3ccccc3)c3ccccc3)cc2)CC=C1Nc1ccc(Nc2ccc(N(c3ccccc3)c3ccccc3)cc2)cc1. The fraction of sp³-hybridized carbons (Fsp3) is 0.0417. The number of hydrogen-bond acceptors (Lipinski definition) is 5. The van der Waals surface area contributed by atoms with Crippen molar-refractivity contribution in [2.75, 3.05) is 25.8 Å². The van der Waals surface area contributed by atoms with Gasteiger partial charge in [-0.15, -0.1) is 0 Å². The molecule has 5 heteroatoms. The van der Waals surface area contributed by atoms with E-state index in [9.17, 15) is 0 Å². The number of para-hydroxylation sites is 4. The fourth-order valence-electron chi connectivity index (χ4n) is 6.61. The maximum Gasteiger partial charge on any atom is 0.0483 e. The zero-order valence-corrected chi connectivity index (χ0v) is 29.4. The van der Waals surface area contributed by atoms with Crippen LogP contribution in [0.2, 0.25) is 0 Å². The minimum Gasteiger partial charge on any atom is -0.379 e. The molecule has 0 bridgehead atoms. The summed E-state index contributed by atoms with van der Waals surface area (Å²) in [5, 5.41) is 10.8. The Morgan fingerprint density at radius 3 is 1.08 bits per heavy atom. The van der Waals surface area contributed by atoms with Crippen LogP contribution in [0.3, 0.4) is 0 Å². The second-order valence-electron chi connectivity index (χ2n) is 12.9. The van der Waals surface area contributed by atoms with Gasteiger partial charge < -0.3 is 25.8 Å². The molecule has 0 saturated heterocycles. The number of anilines is 10. The van der Waals surface area contributed by atoms with E-state index in [4.69, 9.17) is 0 Å². The van der Waals surface area contributed by atoms with Crippen LogP contribution in [0.15, 0.2) is 218 Å². The summed E-state index contributed by atoms with van der Waals surface area (Å²) in [5.74, 6) is 0. The molecule has 0 aromatic heterocycles. The first-order chi connectivity index (χ1) is 26.2. The standard InChI is InChI=1S/C48H41N5/c1-5-13-43(14-6-1)52(44-15-7-2-8-16-44)47-33-29-41(30-34-47)50-39-25-21-37(22-26-39)49-38-23-27-40(28-24-38)51-42-31-35-48(36-32-42)53(45-17-9-3-10-18-45)46-19-11-4-12-20-46/h1-27,29-36,40,49-51H,28H2. The highest BCUT2D eigenvalue weighted by Gasteiger charge is 2.14.